The molecule has 3 aromatic rings. The molecule has 0 saturated heterocycles. The van der Waals surface area contributed by atoms with Crippen molar-refractivity contribution in [3.8, 4) is 0 Å². The predicted molar refractivity (Wildman–Crippen MR) is 101 cm³/mol. The summed E-state index contributed by atoms with van der Waals surface area (Å²) in [5, 5.41) is 0.533. The maximum Gasteiger partial charge on any atom is 0.261 e. The highest BCUT2D eigenvalue weighted by Gasteiger charge is 2.17. The van der Waals surface area contributed by atoms with Crippen LogP contribution in [0.3, 0.4) is 0 Å². The Labute approximate surface area is 152 Å². The first-order chi connectivity index (χ1) is 12.4. The van der Waals surface area contributed by atoms with Crippen molar-refractivity contribution in [2.75, 3.05) is 13.7 Å². The molecule has 0 aliphatic heterocycles. The Bertz CT molecular complexity index is 1030. The number of para-hydroxylation sites is 1. The van der Waals surface area contributed by atoms with Gasteiger partial charge >= 0.3 is 0 Å². The largest absolute Gasteiger partial charge is 0.383 e. The molecule has 6 heteroatoms. The SMILES string of the molecule is COCCn1c(C)cc(C(=O)Cn2cnc3c(C)cccc3c2=O)c1C. The number of ether oxygens (including phenoxy) is 1. The normalized spacial score (nSPS) is 11.2. The number of nitrogens with zero attached hydrogens (tertiary/aromatic N) is 3. The molecule has 26 heavy (non-hydrogen) atoms. The van der Waals surface area contributed by atoms with Gasteiger partial charge in [0, 0.05) is 30.6 Å². The highest BCUT2D eigenvalue weighted by molar-refractivity contribution is 5.97. The summed E-state index contributed by atoms with van der Waals surface area (Å²) in [6, 6.07) is 7.36. The lowest BCUT2D eigenvalue weighted by molar-refractivity contribution is 0.0969. The molecule has 0 spiro atoms. The number of rotatable bonds is 6. The summed E-state index contributed by atoms with van der Waals surface area (Å²) in [6.07, 6.45) is 1.46. The Morgan fingerprint density at radius 1 is 1.23 bits per heavy atom. The molecule has 1 aromatic carbocycles. The fourth-order valence-electron chi connectivity index (χ4n) is 3.30. The summed E-state index contributed by atoms with van der Waals surface area (Å²) in [5.41, 5.74) is 3.96. The Balaban J connectivity index is 1.93. The second kappa shape index (κ2) is 7.25. The molecule has 0 bridgehead atoms. The van der Waals surface area contributed by atoms with E-state index >= 15 is 0 Å². The van der Waals surface area contributed by atoms with Gasteiger partial charge in [-0.3, -0.25) is 14.2 Å². The molecule has 2 heterocycles. The number of carbonyl (C=O) groups excluding carboxylic acids is 1. The van der Waals surface area contributed by atoms with Crippen molar-refractivity contribution in [2.45, 2.75) is 33.9 Å². The number of aryl methyl sites for hydroxylation is 2. The van der Waals surface area contributed by atoms with Crippen LogP contribution in [-0.2, 0) is 17.8 Å². The molecule has 0 atom stereocenters. The molecule has 0 aliphatic carbocycles. The molecule has 0 N–H and O–H groups in total. The zero-order valence-electron chi connectivity index (χ0n) is 15.6. The van der Waals surface area contributed by atoms with Gasteiger partial charge in [-0.15, -0.1) is 0 Å². The standard InChI is InChI=1S/C20H23N3O3/c1-13-6-5-7-16-19(13)21-12-22(20(16)25)11-18(24)17-10-14(2)23(15(17)3)8-9-26-4/h5-7,10,12H,8-9,11H2,1-4H3. The van der Waals surface area contributed by atoms with Crippen LogP contribution in [0.25, 0.3) is 10.9 Å². The molecule has 3 rings (SSSR count). The van der Waals surface area contributed by atoms with Crippen molar-refractivity contribution in [1.29, 1.82) is 0 Å². The number of Topliss-reactive ketones (excluding diaryl/α,β-unsaturated/α-hetero) is 1. The van der Waals surface area contributed by atoms with Crippen molar-refractivity contribution in [1.82, 2.24) is 14.1 Å². The first kappa shape index (κ1) is 18.1. The third-order valence-corrected chi connectivity index (χ3v) is 4.76. The first-order valence-corrected chi connectivity index (χ1v) is 8.57. The van der Waals surface area contributed by atoms with Crippen molar-refractivity contribution in [3.63, 3.8) is 0 Å². The van der Waals surface area contributed by atoms with Crippen molar-refractivity contribution in [3.05, 3.63) is 63.5 Å². The highest BCUT2D eigenvalue weighted by Crippen LogP contribution is 2.17. The zero-order chi connectivity index (χ0) is 18.8. The van der Waals surface area contributed by atoms with Crippen LogP contribution in [-0.4, -0.2) is 33.6 Å². The van der Waals surface area contributed by atoms with Gasteiger partial charge in [0.2, 0.25) is 0 Å². The van der Waals surface area contributed by atoms with Gasteiger partial charge in [0.25, 0.3) is 5.56 Å². The number of carbonyl (C=O) groups is 1. The number of methoxy groups -OCH3 is 1. The van der Waals surface area contributed by atoms with Crippen LogP contribution < -0.4 is 5.56 Å². The minimum Gasteiger partial charge on any atom is -0.383 e. The van der Waals surface area contributed by atoms with Crippen molar-refractivity contribution >= 4 is 16.7 Å². The van der Waals surface area contributed by atoms with Crippen LogP contribution in [0.1, 0.15) is 27.3 Å². The number of ketones is 1. The monoisotopic (exact) mass is 353 g/mol. The van der Waals surface area contributed by atoms with E-state index in [0.29, 0.717) is 29.6 Å². The van der Waals surface area contributed by atoms with Crippen molar-refractivity contribution < 1.29 is 9.53 Å². The summed E-state index contributed by atoms with van der Waals surface area (Å²) in [4.78, 5) is 29.9. The lowest BCUT2D eigenvalue weighted by Gasteiger charge is -2.09. The maximum atomic E-state index is 12.8. The number of hydrogen-bond donors (Lipinski definition) is 0. The van der Waals surface area contributed by atoms with Crippen LogP contribution in [0.2, 0.25) is 0 Å². The molecule has 0 radical (unpaired) electrons. The molecular weight excluding hydrogens is 330 g/mol. The van der Waals surface area contributed by atoms with Gasteiger partial charge in [-0.25, -0.2) is 4.98 Å². The number of hydrogen-bond acceptors (Lipinski definition) is 4. The van der Waals surface area contributed by atoms with Crippen molar-refractivity contribution in [2.24, 2.45) is 0 Å². The molecular formula is C20H23N3O3. The Morgan fingerprint density at radius 3 is 2.73 bits per heavy atom. The zero-order valence-corrected chi connectivity index (χ0v) is 15.6. The number of aromatic nitrogens is 3. The molecule has 6 nitrogen and oxygen atoms in total. The average molecular weight is 353 g/mol. The molecule has 0 fully saturated rings. The summed E-state index contributed by atoms with van der Waals surface area (Å²) in [7, 11) is 1.65. The predicted octanol–water partition coefficient (Wildman–Crippen LogP) is 2.65. The molecule has 136 valence electrons. The van der Waals surface area contributed by atoms with Gasteiger partial charge in [-0.05, 0) is 38.5 Å². The maximum absolute atomic E-state index is 12.8. The van der Waals surface area contributed by atoms with E-state index in [2.05, 4.69) is 9.55 Å². The third kappa shape index (κ3) is 3.20. The van der Waals surface area contributed by atoms with Crippen LogP contribution in [0.4, 0.5) is 0 Å². The van der Waals surface area contributed by atoms with E-state index in [1.807, 2.05) is 39.0 Å². The Hall–Kier alpha value is -2.73. The molecule has 2 aromatic heterocycles. The van der Waals surface area contributed by atoms with E-state index < -0.39 is 0 Å². The summed E-state index contributed by atoms with van der Waals surface area (Å²) in [5.74, 6) is -0.0994. The topological polar surface area (TPSA) is 66.1 Å². The smallest absolute Gasteiger partial charge is 0.261 e. The van der Waals surface area contributed by atoms with Gasteiger partial charge in [0.15, 0.2) is 5.78 Å². The lowest BCUT2D eigenvalue weighted by atomic mass is 10.1. The van der Waals surface area contributed by atoms with Crippen LogP contribution >= 0.6 is 0 Å². The fourth-order valence-corrected chi connectivity index (χ4v) is 3.30. The quantitative estimate of drug-likeness (QED) is 0.639. The molecule has 0 unspecified atom stereocenters. The van der Waals surface area contributed by atoms with Crippen LogP contribution in [0.5, 0.6) is 0 Å². The van der Waals surface area contributed by atoms with E-state index in [4.69, 9.17) is 4.74 Å². The summed E-state index contributed by atoms with van der Waals surface area (Å²) >= 11 is 0. The van der Waals surface area contributed by atoms with E-state index in [-0.39, 0.29) is 17.9 Å². The van der Waals surface area contributed by atoms with Crippen LogP contribution in [0, 0.1) is 20.8 Å². The first-order valence-electron chi connectivity index (χ1n) is 8.57. The average Bonchev–Trinajstić information content (AvgIpc) is 2.90. The van der Waals surface area contributed by atoms with E-state index in [1.165, 1.54) is 10.9 Å². The molecule has 0 amide bonds. The van der Waals surface area contributed by atoms with E-state index in [0.717, 1.165) is 17.0 Å². The number of fused-ring (bicyclic) bond motifs is 1. The minimum absolute atomic E-state index is 0.0235. The van der Waals surface area contributed by atoms with E-state index in [1.54, 1.807) is 13.2 Å². The number of benzene rings is 1. The second-order valence-electron chi connectivity index (χ2n) is 6.50. The van der Waals surface area contributed by atoms with Gasteiger partial charge in [0.05, 0.1) is 30.4 Å². The molecule has 0 saturated carbocycles. The summed E-state index contributed by atoms with van der Waals surface area (Å²) < 4.78 is 8.57. The fraction of sp³-hybridized carbons (Fsp3) is 0.350. The minimum atomic E-state index is -0.194. The Morgan fingerprint density at radius 2 is 2.00 bits per heavy atom. The van der Waals surface area contributed by atoms with Gasteiger partial charge in [-0.2, -0.15) is 0 Å². The van der Waals surface area contributed by atoms with Gasteiger partial charge in [0.1, 0.15) is 0 Å². The Kier molecular flexibility index (Phi) is 5.04. The van der Waals surface area contributed by atoms with Crippen LogP contribution in [0.15, 0.2) is 35.4 Å². The second-order valence-corrected chi connectivity index (χ2v) is 6.50. The third-order valence-electron chi connectivity index (χ3n) is 4.76. The summed E-state index contributed by atoms with van der Waals surface area (Å²) in [6.45, 7) is 7.05. The van der Waals surface area contributed by atoms with E-state index in [9.17, 15) is 9.59 Å². The highest BCUT2D eigenvalue weighted by atomic mass is 16.5. The molecule has 0 aliphatic rings. The lowest BCUT2D eigenvalue weighted by Crippen LogP contribution is -2.25. The van der Waals surface area contributed by atoms with Gasteiger partial charge < -0.3 is 9.30 Å². The van der Waals surface area contributed by atoms with Gasteiger partial charge in [-0.1, -0.05) is 12.1 Å².